The van der Waals surface area contributed by atoms with Crippen LogP contribution in [0, 0.1) is 0 Å². The molecule has 2 aromatic heterocycles. The summed E-state index contributed by atoms with van der Waals surface area (Å²) in [6, 6.07) is 17.8. The summed E-state index contributed by atoms with van der Waals surface area (Å²) in [6.45, 7) is 2.64. The Kier molecular flexibility index (Phi) is 3.92. The molecule has 4 rings (SSSR count). The topological polar surface area (TPSA) is 47.3 Å². The van der Waals surface area contributed by atoms with Gasteiger partial charge in [0, 0.05) is 16.5 Å². The van der Waals surface area contributed by atoms with Crippen LogP contribution in [0.2, 0.25) is 0 Å². The highest BCUT2D eigenvalue weighted by Crippen LogP contribution is 2.31. The first-order chi connectivity index (χ1) is 11.8. The molecule has 0 fully saturated rings. The maximum absolute atomic E-state index is 5.86. The van der Waals surface area contributed by atoms with Gasteiger partial charge in [-0.3, -0.25) is 0 Å². The third-order valence-electron chi connectivity index (χ3n) is 3.60. The average Bonchev–Trinajstić information content (AvgIpc) is 3.23. The zero-order valence-corrected chi connectivity index (χ0v) is 14.0. The summed E-state index contributed by atoms with van der Waals surface area (Å²) in [5.74, 6) is 1.65. The van der Waals surface area contributed by atoms with Gasteiger partial charge in [-0.15, -0.1) is 11.3 Å². The van der Waals surface area contributed by atoms with Crippen LogP contribution < -0.4 is 10.1 Å². The maximum atomic E-state index is 5.86. The van der Waals surface area contributed by atoms with Gasteiger partial charge in [0.05, 0.1) is 6.61 Å². The number of hydrogen-bond acceptors (Lipinski definition) is 5. The van der Waals surface area contributed by atoms with Crippen LogP contribution in [0.3, 0.4) is 0 Å². The number of nitrogens with one attached hydrogen (secondary N) is 1. The highest BCUT2D eigenvalue weighted by Gasteiger charge is 2.10. The summed E-state index contributed by atoms with van der Waals surface area (Å²) < 4.78 is 11.3. The molecule has 0 saturated carbocycles. The van der Waals surface area contributed by atoms with Crippen molar-refractivity contribution in [1.82, 2.24) is 4.98 Å². The molecule has 5 heteroatoms. The second-order valence-electron chi connectivity index (χ2n) is 5.27. The van der Waals surface area contributed by atoms with Crippen LogP contribution in [0.25, 0.3) is 22.4 Å². The van der Waals surface area contributed by atoms with Crippen LogP contribution in [0.1, 0.15) is 6.92 Å². The van der Waals surface area contributed by atoms with Crippen molar-refractivity contribution in [3.63, 3.8) is 0 Å². The van der Waals surface area contributed by atoms with Gasteiger partial charge in [-0.2, -0.15) is 0 Å². The lowest BCUT2D eigenvalue weighted by Gasteiger charge is -2.05. The minimum atomic E-state index is 0.667. The van der Waals surface area contributed by atoms with Crippen molar-refractivity contribution in [3.8, 4) is 17.2 Å². The first-order valence-electron chi connectivity index (χ1n) is 7.76. The molecule has 0 spiro atoms. The molecule has 4 aromatic rings. The molecule has 0 bridgehead atoms. The minimum absolute atomic E-state index is 0.667. The van der Waals surface area contributed by atoms with E-state index in [2.05, 4.69) is 10.3 Å². The summed E-state index contributed by atoms with van der Waals surface area (Å²) in [5.41, 5.74) is 2.69. The van der Waals surface area contributed by atoms with Crippen LogP contribution in [0.5, 0.6) is 5.75 Å². The van der Waals surface area contributed by atoms with Gasteiger partial charge in [0.1, 0.15) is 17.0 Å². The molecule has 0 aliphatic rings. The van der Waals surface area contributed by atoms with Crippen LogP contribution in [0.4, 0.5) is 10.8 Å². The van der Waals surface area contributed by atoms with E-state index in [4.69, 9.17) is 9.15 Å². The Morgan fingerprint density at radius 3 is 2.75 bits per heavy atom. The number of aromatic nitrogens is 1. The smallest absolute Gasteiger partial charge is 0.187 e. The monoisotopic (exact) mass is 336 g/mol. The van der Waals surface area contributed by atoms with Gasteiger partial charge in [-0.1, -0.05) is 18.2 Å². The number of nitrogens with zero attached hydrogens (tertiary/aromatic N) is 1. The Morgan fingerprint density at radius 2 is 1.96 bits per heavy atom. The predicted molar refractivity (Wildman–Crippen MR) is 98.2 cm³/mol. The molecule has 0 aliphatic heterocycles. The van der Waals surface area contributed by atoms with E-state index in [0.29, 0.717) is 6.61 Å². The Morgan fingerprint density at radius 1 is 1.12 bits per heavy atom. The number of ether oxygens (including phenoxy) is 1. The van der Waals surface area contributed by atoms with E-state index < -0.39 is 0 Å². The van der Waals surface area contributed by atoms with Crippen molar-refractivity contribution < 1.29 is 9.15 Å². The molecule has 2 heterocycles. The summed E-state index contributed by atoms with van der Waals surface area (Å²) in [5, 5.41) is 7.22. The second kappa shape index (κ2) is 6.37. The fourth-order valence-corrected chi connectivity index (χ4v) is 3.20. The predicted octanol–water partition coefficient (Wildman–Crippen LogP) is 5.70. The fourth-order valence-electron chi connectivity index (χ4n) is 2.48. The van der Waals surface area contributed by atoms with Gasteiger partial charge in [0.25, 0.3) is 0 Å². The molecule has 0 saturated heterocycles. The van der Waals surface area contributed by atoms with Crippen molar-refractivity contribution in [2.75, 3.05) is 11.9 Å². The van der Waals surface area contributed by atoms with Crippen molar-refractivity contribution in [2.24, 2.45) is 0 Å². The lowest BCUT2D eigenvalue weighted by Crippen LogP contribution is -1.92. The molecular formula is C19H16N2O2S. The SMILES string of the molecule is CCOc1ccc(Nc2nc(-c3cc4ccccc4o3)cs2)cc1. The number of para-hydroxylation sites is 1. The van der Waals surface area contributed by atoms with Crippen LogP contribution in [-0.4, -0.2) is 11.6 Å². The van der Waals surface area contributed by atoms with Gasteiger partial charge in [-0.05, 0) is 43.3 Å². The van der Waals surface area contributed by atoms with Crippen molar-refractivity contribution in [3.05, 3.63) is 60.0 Å². The molecule has 0 unspecified atom stereocenters. The van der Waals surface area contributed by atoms with E-state index in [-0.39, 0.29) is 0 Å². The third-order valence-corrected chi connectivity index (χ3v) is 4.36. The molecule has 24 heavy (non-hydrogen) atoms. The molecule has 1 N–H and O–H groups in total. The molecule has 0 radical (unpaired) electrons. The van der Waals surface area contributed by atoms with Crippen LogP contribution in [0.15, 0.2) is 64.4 Å². The van der Waals surface area contributed by atoms with Crippen LogP contribution in [-0.2, 0) is 0 Å². The van der Waals surface area contributed by atoms with Crippen LogP contribution >= 0.6 is 11.3 Å². The standard InChI is InChI=1S/C19H16N2O2S/c1-2-22-15-9-7-14(8-10-15)20-19-21-16(12-24-19)18-11-13-5-3-4-6-17(13)23-18/h3-12H,2H2,1H3,(H,20,21). The summed E-state index contributed by atoms with van der Waals surface area (Å²) in [6.07, 6.45) is 0. The highest BCUT2D eigenvalue weighted by atomic mass is 32.1. The first kappa shape index (κ1) is 14.8. The largest absolute Gasteiger partial charge is 0.494 e. The van der Waals surface area contributed by atoms with E-state index in [0.717, 1.165) is 39.0 Å². The number of hydrogen-bond donors (Lipinski definition) is 1. The Bertz CT molecular complexity index is 924. The normalized spacial score (nSPS) is 10.9. The third kappa shape index (κ3) is 2.98. The van der Waals surface area contributed by atoms with E-state index in [1.165, 1.54) is 0 Å². The zero-order valence-electron chi connectivity index (χ0n) is 13.2. The first-order valence-corrected chi connectivity index (χ1v) is 8.64. The molecular weight excluding hydrogens is 320 g/mol. The quantitative estimate of drug-likeness (QED) is 0.508. The zero-order chi connectivity index (χ0) is 16.4. The fraction of sp³-hybridized carbons (Fsp3) is 0.105. The number of furan rings is 1. The molecule has 4 nitrogen and oxygen atoms in total. The average molecular weight is 336 g/mol. The molecule has 0 aliphatic carbocycles. The van der Waals surface area contributed by atoms with Gasteiger partial charge < -0.3 is 14.5 Å². The molecule has 120 valence electrons. The number of rotatable bonds is 5. The van der Waals surface area contributed by atoms with Crippen molar-refractivity contribution in [2.45, 2.75) is 6.92 Å². The van der Waals surface area contributed by atoms with Gasteiger partial charge in [0.2, 0.25) is 0 Å². The summed E-state index contributed by atoms with van der Waals surface area (Å²) in [4.78, 5) is 4.61. The Balaban J connectivity index is 1.53. The lowest BCUT2D eigenvalue weighted by molar-refractivity contribution is 0.340. The van der Waals surface area contributed by atoms with Crippen molar-refractivity contribution >= 4 is 33.1 Å². The number of anilines is 2. The molecule has 2 aromatic carbocycles. The number of thiazole rings is 1. The van der Waals surface area contributed by atoms with Gasteiger partial charge in [-0.25, -0.2) is 4.98 Å². The van der Waals surface area contributed by atoms with Gasteiger partial charge >= 0.3 is 0 Å². The number of fused-ring (bicyclic) bond motifs is 1. The molecule has 0 amide bonds. The minimum Gasteiger partial charge on any atom is -0.494 e. The van der Waals surface area contributed by atoms with E-state index >= 15 is 0 Å². The second-order valence-corrected chi connectivity index (χ2v) is 6.13. The van der Waals surface area contributed by atoms with Crippen molar-refractivity contribution in [1.29, 1.82) is 0 Å². The number of benzene rings is 2. The van der Waals surface area contributed by atoms with E-state index in [1.54, 1.807) is 11.3 Å². The van der Waals surface area contributed by atoms with Gasteiger partial charge in [0.15, 0.2) is 10.9 Å². The Labute approximate surface area is 143 Å². The van der Waals surface area contributed by atoms with E-state index in [9.17, 15) is 0 Å². The Hall–Kier alpha value is -2.79. The summed E-state index contributed by atoms with van der Waals surface area (Å²) in [7, 11) is 0. The van der Waals surface area contributed by atoms with E-state index in [1.807, 2.05) is 66.9 Å². The summed E-state index contributed by atoms with van der Waals surface area (Å²) >= 11 is 1.55. The lowest BCUT2D eigenvalue weighted by atomic mass is 10.2. The highest BCUT2D eigenvalue weighted by molar-refractivity contribution is 7.14. The molecule has 0 atom stereocenters. The maximum Gasteiger partial charge on any atom is 0.187 e.